The van der Waals surface area contributed by atoms with E-state index in [1.807, 2.05) is 48.5 Å². The summed E-state index contributed by atoms with van der Waals surface area (Å²) >= 11 is 0. The molecule has 0 bridgehead atoms. The van der Waals surface area contributed by atoms with Gasteiger partial charge in [-0.05, 0) is 42.5 Å². The summed E-state index contributed by atoms with van der Waals surface area (Å²) in [4.78, 5) is 25.8. The van der Waals surface area contributed by atoms with Crippen LogP contribution in [0.15, 0.2) is 48.5 Å². The summed E-state index contributed by atoms with van der Waals surface area (Å²) in [5, 5.41) is 25.3. The second kappa shape index (κ2) is 14.7. The molecule has 0 unspecified atom stereocenters. The molecule has 0 spiro atoms. The van der Waals surface area contributed by atoms with Crippen LogP contribution in [0, 0.1) is 5.92 Å². The lowest BCUT2D eigenvalue weighted by molar-refractivity contribution is -0.276. The number of carbonyl (C=O) groups is 2. The van der Waals surface area contributed by atoms with Gasteiger partial charge in [-0.15, -0.1) is 0 Å². The van der Waals surface area contributed by atoms with Crippen molar-refractivity contribution in [2.45, 2.75) is 77.2 Å². The average molecular weight is 554 g/mol. The van der Waals surface area contributed by atoms with Crippen molar-refractivity contribution in [3.05, 3.63) is 65.2 Å². The largest absolute Gasteiger partial charge is 0.392 e. The summed E-state index contributed by atoms with van der Waals surface area (Å²) in [5.74, 6) is -0.0318. The molecule has 2 aliphatic rings. The van der Waals surface area contributed by atoms with Crippen LogP contribution in [0.1, 0.15) is 75.0 Å². The third kappa shape index (κ3) is 8.59. The van der Waals surface area contributed by atoms with Gasteiger partial charge in [0.2, 0.25) is 11.8 Å². The number of anilines is 1. The van der Waals surface area contributed by atoms with Gasteiger partial charge in [0.15, 0.2) is 6.29 Å². The highest BCUT2D eigenvalue weighted by Crippen LogP contribution is 2.42. The predicted molar refractivity (Wildman–Crippen MR) is 152 cm³/mol. The van der Waals surface area contributed by atoms with Gasteiger partial charge in [-0.1, -0.05) is 49.7 Å². The van der Waals surface area contributed by atoms with Crippen LogP contribution >= 0.6 is 0 Å². The molecular formula is C31H43N3O6. The molecule has 2 saturated heterocycles. The Balaban J connectivity index is 1.42. The highest BCUT2D eigenvalue weighted by atomic mass is 16.7. The van der Waals surface area contributed by atoms with Crippen LogP contribution in [0.5, 0.6) is 0 Å². The van der Waals surface area contributed by atoms with Crippen LogP contribution in [0.3, 0.4) is 0 Å². The number of amides is 2. The van der Waals surface area contributed by atoms with Crippen molar-refractivity contribution in [2.75, 3.05) is 31.5 Å². The molecule has 4 rings (SSSR count). The molecule has 0 radical (unpaired) electrons. The quantitative estimate of drug-likeness (QED) is 0.296. The maximum absolute atomic E-state index is 12.6. The predicted octanol–water partition coefficient (Wildman–Crippen LogP) is 3.67. The Bertz CT molecular complexity index is 1110. The molecule has 2 heterocycles. The van der Waals surface area contributed by atoms with Crippen molar-refractivity contribution in [1.29, 1.82) is 0 Å². The number of benzene rings is 2. The summed E-state index contributed by atoms with van der Waals surface area (Å²) in [5.41, 5.74) is 3.38. The van der Waals surface area contributed by atoms with Crippen molar-refractivity contribution in [2.24, 2.45) is 5.92 Å². The zero-order valence-corrected chi connectivity index (χ0v) is 23.6. The van der Waals surface area contributed by atoms with Gasteiger partial charge in [0.05, 0.1) is 24.9 Å². The van der Waals surface area contributed by atoms with Crippen molar-refractivity contribution in [1.82, 2.24) is 10.2 Å². The van der Waals surface area contributed by atoms with Crippen LogP contribution in [-0.4, -0.2) is 65.3 Å². The number of nitrogens with zero attached hydrogens (tertiary/aromatic N) is 1. The Hall–Kier alpha value is -2.82. The van der Waals surface area contributed by atoms with E-state index in [1.54, 1.807) is 0 Å². The van der Waals surface area contributed by atoms with Crippen molar-refractivity contribution in [3.8, 4) is 0 Å². The zero-order valence-electron chi connectivity index (χ0n) is 23.6. The van der Waals surface area contributed by atoms with E-state index in [2.05, 4.69) is 22.5 Å². The molecule has 2 aliphatic heterocycles. The number of nitrogens with one attached hydrogen (secondary N) is 2. The van der Waals surface area contributed by atoms with E-state index < -0.39 is 6.29 Å². The van der Waals surface area contributed by atoms with Gasteiger partial charge < -0.3 is 30.3 Å². The lowest BCUT2D eigenvalue weighted by Crippen LogP contribution is -2.44. The fourth-order valence-electron chi connectivity index (χ4n) is 5.40. The lowest BCUT2D eigenvalue weighted by atomic mass is 9.90. The number of rotatable bonds is 12. The first-order valence-corrected chi connectivity index (χ1v) is 14.4. The second-order valence-electron chi connectivity index (χ2n) is 11.0. The van der Waals surface area contributed by atoms with Gasteiger partial charge in [0.1, 0.15) is 0 Å². The lowest BCUT2D eigenvalue weighted by Gasteiger charge is -2.42. The first kappa shape index (κ1) is 30.1. The molecule has 9 heteroatoms. The molecular weight excluding hydrogens is 510 g/mol. The number of likely N-dealkylation sites (tertiary alicyclic amines) is 1. The van der Waals surface area contributed by atoms with Gasteiger partial charge in [-0.3, -0.25) is 14.5 Å². The number of carbonyl (C=O) groups excluding carboxylic acids is 2. The van der Waals surface area contributed by atoms with Crippen LogP contribution in [0.25, 0.3) is 0 Å². The first-order valence-electron chi connectivity index (χ1n) is 14.4. The Labute approximate surface area is 236 Å². The molecule has 0 aromatic heterocycles. The number of ether oxygens (including phenoxy) is 2. The van der Waals surface area contributed by atoms with Crippen molar-refractivity contribution in [3.63, 3.8) is 0 Å². The Kier molecular flexibility index (Phi) is 11.1. The highest BCUT2D eigenvalue weighted by molar-refractivity contribution is 5.90. The van der Waals surface area contributed by atoms with Crippen LogP contribution in [0.2, 0.25) is 0 Å². The van der Waals surface area contributed by atoms with E-state index in [4.69, 9.17) is 9.47 Å². The van der Waals surface area contributed by atoms with Gasteiger partial charge in [-0.2, -0.15) is 0 Å². The molecule has 40 heavy (non-hydrogen) atoms. The SMILES string of the molecule is CC(=O)NCCCCCC(=O)Nc1cccc([C@H]2O[C@@H](CN3CC[C@H](O)C3)[C@@H](C)[C@@H](c3ccc(CO)cc3)O2)c1. The summed E-state index contributed by atoms with van der Waals surface area (Å²) in [7, 11) is 0. The standard InChI is InChI=1S/C31H43N3O6/c1-21-28(19-34-16-14-27(37)18-34)39-31(40-30(21)24-12-10-23(20-35)11-13-24)25-7-6-8-26(17-25)33-29(38)9-4-3-5-15-32-22(2)36/h6-8,10-13,17,21,27-28,30-31,35,37H,3-5,9,14-16,18-20H2,1-2H3,(H,32,36)(H,33,38)/t21-,27+,28+,30+,31+/m1/s1. The number of unbranched alkanes of at least 4 members (excludes halogenated alkanes) is 2. The molecule has 0 saturated carbocycles. The zero-order chi connectivity index (χ0) is 28.5. The Morgan fingerprint density at radius 1 is 1.05 bits per heavy atom. The molecule has 2 aromatic rings. The van der Waals surface area contributed by atoms with E-state index in [1.165, 1.54) is 6.92 Å². The molecule has 2 fully saturated rings. The number of β-amino-alcohol motifs (C(OH)–C–C–N with tert-alkyl or cyclic N) is 1. The normalized spacial score (nSPS) is 25.1. The topological polar surface area (TPSA) is 120 Å². The summed E-state index contributed by atoms with van der Waals surface area (Å²) in [6, 6.07) is 15.4. The maximum atomic E-state index is 12.6. The summed E-state index contributed by atoms with van der Waals surface area (Å²) < 4.78 is 13.1. The van der Waals surface area contributed by atoms with Crippen LogP contribution < -0.4 is 10.6 Å². The Morgan fingerprint density at radius 3 is 2.55 bits per heavy atom. The number of hydrogen-bond acceptors (Lipinski definition) is 7. The second-order valence-corrected chi connectivity index (χ2v) is 11.0. The third-order valence-corrected chi connectivity index (χ3v) is 7.71. The van der Waals surface area contributed by atoms with E-state index in [0.717, 1.165) is 48.9 Å². The van der Waals surface area contributed by atoms with Gasteiger partial charge in [-0.25, -0.2) is 0 Å². The minimum Gasteiger partial charge on any atom is -0.392 e. The maximum Gasteiger partial charge on any atom is 0.224 e. The van der Waals surface area contributed by atoms with Gasteiger partial charge >= 0.3 is 0 Å². The number of aliphatic hydroxyl groups excluding tert-OH is 2. The van der Waals surface area contributed by atoms with Crippen LogP contribution in [-0.2, 0) is 25.7 Å². The first-order chi connectivity index (χ1) is 19.3. The average Bonchev–Trinajstić information content (AvgIpc) is 3.36. The van der Waals surface area contributed by atoms with E-state index in [9.17, 15) is 19.8 Å². The number of aliphatic hydroxyl groups is 2. The van der Waals surface area contributed by atoms with Crippen molar-refractivity contribution < 1.29 is 29.3 Å². The Morgan fingerprint density at radius 2 is 1.85 bits per heavy atom. The molecule has 2 amide bonds. The minimum absolute atomic E-state index is 0.0113. The number of hydrogen-bond donors (Lipinski definition) is 4. The van der Waals surface area contributed by atoms with E-state index in [0.29, 0.717) is 31.7 Å². The summed E-state index contributed by atoms with van der Waals surface area (Å²) in [6.07, 6.45) is 2.37. The molecule has 2 aromatic carbocycles. The van der Waals surface area contributed by atoms with Crippen LogP contribution in [0.4, 0.5) is 5.69 Å². The molecule has 5 atom stereocenters. The third-order valence-electron chi connectivity index (χ3n) is 7.71. The molecule has 4 N–H and O–H groups in total. The molecule has 0 aliphatic carbocycles. The smallest absolute Gasteiger partial charge is 0.224 e. The highest BCUT2D eigenvalue weighted by Gasteiger charge is 2.40. The minimum atomic E-state index is -0.623. The van der Waals surface area contributed by atoms with Gasteiger partial charge in [0.25, 0.3) is 0 Å². The summed E-state index contributed by atoms with van der Waals surface area (Å²) in [6.45, 7) is 6.42. The fraction of sp³-hybridized carbons (Fsp3) is 0.548. The fourth-order valence-corrected chi connectivity index (χ4v) is 5.40. The van der Waals surface area contributed by atoms with Gasteiger partial charge in [0, 0.05) is 56.7 Å². The van der Waals surface area contributed by atoms with Crippen molar-refractivity contribution >= 4 is 17.5 Å². The monoisotopic (exact) mass is 553 g/mol. The molecule has 9 nitrogen and oxygen atoms in total. The van der Waals surface area contributed by atoms with E-state index >= 15 is 0 Å². The van der Waals surface area contributed by atoms with E-state index in [-0.39, 0.29) is 42.7 Å². The molecule has 218 valence electrons.